The Morgan fingerprint density at radius 2 is 1.07 bits per heavy atom. The summed E-state index contributed by atoms with van der Waals surface area (Å²) in [6.45, 7) is 13.6. The SMILES string of the molecule is CC(C)(C)c1ccc2c(c1)[cH-]c1cc(C(C)(C)C)ccc12.Cl.Cl.[C-]1=CC=CC1.[Zr+2].c1ccc(C[Si]Cc2ccccc2)cc1. The number of allylic oxidation sites excluding steroid dienone is 4. The molecule has 0 spiro atoms. The van der Waals surface area contributed by atoms with Gasteiger partial charge in [-0.15, -0.1) is 71.0 Å². The van der Waals surface area contributed by atoms with Crippen molar-refractivity contribution in [2.45, 2.75) is 70.9 Å². The van der Waals surface area contributed by atoms with Gasteiger partial charge in [0.15, 0.2) is 0 Å². The smallest absolute Gasteiger partial charge is 0.273 e. The molecule has 0 aromatic heterocycles. The minimum absolute atomic E-state index is 0. The molecule has 0 saturated carbocycles. The van der Waals surface area contributed by atoms with Crippen LogP contribution in [0.3, 0.4) is 0 Å². The molecule has 0 amide bonds. The van der Waals surface area contributed by atoms with E-state index in [0.717, 1.165) is 15.9 Å². The van der Waals surface area contributed by atoms with Crippen LogP contribution in [0.2, 0.25) is 0 Å². The van der Waals surface area contributed by atoms with E-state index in [9.17, 15) is 0 Å². The Balaban J connectivity index is 0.000000370. The topological polar surface area (TPSA) is 0 Å². The van der Waals surface area contributed by atoms with Crippen LogP contribution in [0.5, 0.6) is 0 Å². The van der Waals surface area contributed by atoms with Gasteiger partial charge in [0, 0.05) is 9.52 Å². The second-order valence-electron chi connectivity index (χ2n) is 12.8. The summed E-state index contributed by atoms with van der Waals surface area (Å²) in [6.07, 6.45) is 10.0. The summed E-state index contributed by atoms with van der Waals surface area (Å²) in [4.78, 5) is 0. The minimum Gasteiger partial charge on any atom is -0.273 e. The Kier molecular flexibility index (Phi) is 17.0. The van der Waals surface area contributed by atoms with E-state index < -0.39 is 0 Å². The molecule has 0 aliphatic heterocycles. The Hall–Kier alpha value is -2.09. The maximum absolute atomic E-state index is 2.99. The molecule has 0 heterocycles. The van der Waals surface area contributed by atoms with E-state index >= 15 is 0 Å². The molecule has 5 aromatic carbocycles. The molecule has 1 aliphatic carbocycles. The van der Waals surface area contributed by atoms with Crippen LogP contribution in [0.25, 0.3) is 21.5 Å². The van der Waals surface area contributed by atoms with Crippen molar-refractivity contribution < 1.29 is 26.2 Å². The third-order valence-electron chi connectivity index (χ3n) is 7.37. The van der Waals surface area contributed by atoms with Gasteiger partial charge in [-0.05, 0) is 22.9 Å². The fourth-order valence-electron chi connectivity index (χ4n) is 4.84. The van der Waals surface area contributed by atoms with E-state index in [1.165, 1.54) is 55.9 Å². The zero-order chi connectivity index (χ0) is 29.3. The molecule has 0 N–H and O–H groups in total. The van der Waals surface area contributed by atoms with Gasteiger partial charge in [0.2, 0.25) is 0 Å². The molecule has 0 atom stereocenters. The van der Waals surface area contributed by atoms with E-state index in [1.54, 1.807) is 0 Å². The molecule has 44 heavy (non-hydrogen) atoms. The van der Waals surface area contributed by atoms with Gasteiger partial charge in [0.05, 0.1) is 0 Å². The fourth-order valence-corrected chi connectivity index (χ4v) is 6.01. The first-order valence-electron chi connectivity index (χ1n) is 14.8. The van der Waals surface area contributed by atoms with Gasteiger partial charge < -0.3 is 0 Å². The molecule has 6 rings (SSSR count). The van der Waals surface area contributed by atoms with Crippen LogP contribution >= 0.6 is 24.8 Å². The fraction of sp³-hybridized carbons (Fsp3) is 0.275. The summed E-state index contributed by atoms with van der Waals surface area (Å²) >= 11 is 0. The molecule has 1 aliphatic rings. The molecule has 0 saturated heterocycles. The van der Waals surface area contributed by atoms with Crippen molar-refractivity contribution >= 4 is 55.9 Å². The van der Waals surface area contributed by atoms with Gasteiger partial charge in [0.25, 0.3) is 0 Å². The summed E-state index contributed by atoms with van der Waals surface area (Å²) in [7, 11) is 0.987. The summed E-state index contributed by atoms with van der Waals surface area (Å²) in [5, 5.41) is 5.48. The molecule has 228 valence electrons. The Morgan fingerprint density at radius 3 is 1.39 bits per heavy atom. The number of fused-ring (bicyclic) bond motifs is 3. The Labute approximate surface area is 300 Å². The van der Waals surface area contributed by atoms with Crippen molar-refractivity contribution in [3.8, 4) is 0 Å². The number of hydrogen-bond donors (Lipinski definition) is 0. The quantitative estimate of drug-likeness (QED) is 0.128. The van der Waals surface area contributed by atoms with Crippen LogP contribution in [-0.4, -0.2) is 9.52 Å². The first-order chi connectivity index (χ1) is 19.6. The molecular formula is C40H46Cl2SiZr. The van der Waals surface area contributed by atoms with Gasteiger partial charge in [-0.25, -0.2) is 12.2 Å². The van der Waals surface area contributed by atoms with Crippen LogP contribution in [0, 0.1) is 6.08 Å². The van der Waals surface area contributed by atoms with Gasteiger partial charge in [-0.3, -0.25) is 6.08 Å². The van der Waals surface area contributed by atoms with Crippen molar-refractivity contribution in [2.24, 2.45) is 0 Å². The number of benzene rings is 4. The van der Waals surface area contributed by atoms with E-state index in [-0.39, 0.29) is 61.8 Å². The minimum atomic E-state index is 0. The maximum Gasteiger partial charge on any atom is 2.00 e. The van der Waals surface area contributed by atoms with Crippen LogP contribution < -0.4 is 0 Å². The Morgan fingerprint density at radius 1 is 0.636 bits per heavy atom. The van der Waals surface area contributed by atoms with Crippen molar-refractivity contribution in [1.29, 1.82) is 0 Å². The van der Waals surface area contributed by atoms with Gasteiger partial charge in [-0.2, -0.15) is 6.08 Å². The largest absolute Gasteiger partial charge is 2.00 e. The monoisotopic (exact) mass is 714 g/mol. The normalized spacial score (nSPS) is 11.8. The van der Waals surface area contributed by atoms with E-state index in [4.69, 9.17) is 0 Å². The van der Waals surface area contributed by atoms with Gasteiger partial charge >= 0.3 is 26.2 Å². The van der Waals surface area contributed by atoms with Crippen molar-refractivity contribution in [3.05, 3.63) is 150 Å². The van der Waals surface area contributed by atoms with Crippen LogP contribution in [0.15, 0.2) is 121 Å². The second-order valence-corrected chi connectivity index (χ2v) is 14.0. The molecule has 4 heteroatoms. The third kappa shape index (κ3) is 12.0. The second kappa shape index (κ2) is 18.8. The molecule has 5 aromatic rings. The number of rotatable bonds is 4. The van der Waals surface area contributed by atoms with Gasteiger partial charge in [0.1, 0.15) is 0 Å². The zero-order valence-electron chi connectivity index (χ0n) is 27.0. The van der Waals surface area contributed by atoms with E-state index in [2.05, 4.69) is 157 Å². The van der Waals surface area contributed by atoms with Crippen molar-refractivity contribution in [3.63, 3.8) is 0 Å². The van der Waals surface area contributed by atoms with Crippen LogP contribution in [0.4, 0.5) is 0 Å². The third-order valence-corrected chi connectivity index (χ3v) is 8.68. The van der Waals surface area contributed by atoms with Crippen LogP contribution in [0.1, 0.15) is 70.2 Å². The number of hydrogen-bond acceptors (Lipinski definition) is 0. The summed E-state index contributed by atoms with van der Waals surface area (Å²) in [6, 6.07) is 40.0. The Bertz CT molecular complexity index is 1470. The summed E-state index contributed by atoms with van der Waals surface area (Å²) in [5.41, 5.74) is 6.11. The molecule has 2 radical (unpaired) electrons. The predicted octanol–water partition coefficient (Wildman–Crippen LogP) is 11.5. The standard InChI is InChI=1S/C21H25.C14H14Si.C5H5.2ClH.Zr/c1-20(2,3)16-7-9-18-14(12-16)11-15-13-17(21(4,5)6)8-10-19(15)18;1-3-7-13(8-4-1)11-15-12-14-9-5-2-6-10-14;1-2-4-5-3-1;;;/h7-13H,1-6H3;1-10H,11-12H2;1-3H,4H2;2*1H;/q-1;;-1;;;+2. The average molecular weight is 717 g/mol. The molecule has 0 fully saturated rings. The first-order valence-corrected chi connectivity index (χ1v) is 16.2. The predicted molar refractivity (Wildman–Crippen MR) is 197 cm³/mol. The molecule has 0 bridgehead atoms. The molecule has 0 unspecified atom stereocenters. The average Bonchev–Trinajstić information content (AvgIpc) is 3.65. The van der Waals surface area contributed by atoms with E-state index in [1.807, 2.05) is 12.2 Å². The number of halogens is 2. The molecule has 0 nitrogen and oxygen atoms in total. The summed E-state index contributed by atoms with van der Waals surface area (Å²) < 4.78 is 0. The van der Waals surface area contributed by atoms with Crippen molar-refractivity contribution in [1.82, 2.24) is 0 Å². The van der Waals surface area contributed by atoms with Crippen molar-refractivity contribution in [2.75, 3.05) is 0 Å². The van der Waals surface area contributed by atoms with Crippen LogP contribution in [-0.2, 0) is 49.1 Å². The first kappa shape index (κ1) is 39.9. The zero-order valence-corrected chi connectivity index (χ0v) is 32.1. The molecular weight excluding hydrogens is 671 g/mol. The summed E-state index contributed by atoms with van der Waals surface area (Å²) in [5.74, 6) is 0. The van der Waals surface area contributed by atoms with E-state index in [0.29, 0.717) is 0 Å². The maximum atomic E-state index is 2.99. The van der Waals surface area contributed by atoms with Gasteiger partial charge in [-0.1, -0.05) is 149 Å².